The van der Waals surface area contributed by atoms with Crippen LogP contribution in [0.3, 0.4) is 0 Å². The van der Waals surface area contributed by atoms with Crippen molar-refractivity contribution in [2.24, 2.45) is 0 Å². The number of fused-ring (bicyclic) bond motifs is 1. The third kappa shape index (κ3) is 6.29. The molecule has 236 valence electrons. The smallest absolute Gasteiger partial charge is 0.0973 e. The fraction of sp³-hybridized carbons (Fsp3) is 0.178. The molecule has 0 spiro atoms. The SMILES string of the molecule is CC(C)(C)c1ccc(-c2cc3nc(-c4ccccc4)c(-c4ccc(-c5ccccn5)cc4)nc3cc2-c2ccc(C(C)(C)C)cc2)cc1. The van der Waals surface area contributed by atoms with E-state index in [1.165, 1.54) is 11.1 Å². The largest absolute Gasteiger partial charge is 0.256 e. The summed E-state index contributed by atoms with van der Waals surface area (Å²) in [6.07, 6.45) is 1.83. The van der Waals surface area contributed by atoms with Crippen molar-refractivity contribution in [3.63, 3.8) is 0 Å². The van der Waals surface area contributed by atoms with Gasteiger partial charge in [0.2, 0.25) is 0 Å². The van der Waals surface area contributed by atoms with Gasteiger partial charge in [0, 0.05) is 22.9 Å². The van der Waals surface area contributed by atoms with E-state index in [9.17, 15) is 0 Å². The Kier molecular flexibility index (Phi) is 8.01. The van der Waals surface area contributed by atoms with Crippen molar-refractivity contribution in [3.8, 4) is 56.0 Å². The standard InChI is InChI=1S/C45H41N3/c1-44(2,3)35-23-19-30(20-24-35)37-28-40-41(29-38(37)31-21-25-36(26-22-31)45(4,5)6)48-43(42(47-40)33-12-8-7-9-13-33)34-17-15-32(16-18-34)39-14-10-11-27-46-39/h7-29H,1-6H3. The van der Waals surface area contributed by atoms with Gasteiger partial charge in [0.25, 0.3) is 0 Å². The highest BCUT2D eigenvalue weighted by molar-refractivity contribution is 5.96. The lowest BCUT2D eigenvalue weighted by Gasteiger charge is -2.21. The summed E-state index contributed by atoms with van der Waals surface area (Å²) in [6.45, 7) is 13.5. The maximum atomic E-state index is 5.37. The average molecular weight is 624 g/mol. The van der Waals surface area contributed by atoms with Crippen LogP contribution in [-0.2, 0) is 10.8 Å². The van der Waals surface area contributed by atoms with Crippen LogP contribution in [0.5, 0.6) is 0 Å². The predicted molar refractivity (Wildman–Crippen MR) is 202 cm³/mol. The molecule has 3 nitrogen and oxygen atoms in total. The zero-order valence-electron chi connectivity index (χ0n) is 28.6. The summed E-state index contributed by atoms with van der Waals surface area (Å²) in [7, 11) is 0. The normalized spacial score (nSPS) is 12.0. The van der Waals surface area contributed by atoms with Crippen LogP contribution in [0, 0.1) is 0 Å². The summed E-state index contributed by atoms with van der Waals surface area (Å²) in [5, 5.41) is 0. The molecule has 0 saturated heterocycles. The number of benzene rings is 5. The van der Waals surface area contributed by atoms with Crippen molar-refractivity contribution in [3.05, 3.63) is 151 Å². The minimum absolute atomic E-state index is 0.0773. The second-order valence-electron chi connectivity index (χ2n) is 14.6. The molecule has 0 N–H and O–H groups in total. The Morgan fingerprint density at radius 1 is 0.396 bits per heavy atom. The minimum Gasteiger partial charge on any atom is -0.256 e. The quantitative estimate of drug-likeness (QED) is 0.191. The van der Waals surface area contributed by atoms with Gasteiger partial charge in [-0.15, -0.1) is 0 Å². The van der Waals surface area contributed by atoms with Crippen molar-refractivity contribution in [1.29, 1.82) is 0 Å². The Bertz CT molecular complexity index is 2190. The predicted octanol–water partition coefficient (Wildman–Crippen LogP) is 12.0. The maximum Gasteiger partial charge on any atom is 0.0973 e. The minimum atomic E-state index is 0.0773. The molecule has 0 radical (unpaired) electrons. The lowest BCUT2D eigenvalue weighted by Crippen LogP contribution is -2.10. The van der Waals surface area contributed by atoms with Gasteiger partial charge >= 0.3 is 0 Å². The van der Waals surface area contributed by atoms with Gasteiger partial charge in [-0.1, -0.05) is 151 Å². The Balaban J connectivity index is 1.44. The number of hydrogen-bond donors (Lipinski definition) is 0. The molecule has 0 unspecified atom stereocenters. The Morgan fingerprint density at radius 2 is 0.812 bits per heavy atom. The van der Waals surface area contributed by atoms with Crippen molar-refractivity contribution in [2.45, 2.75) is 52.4 Å². The van der Waals surface area contributed by atoms with Crippen LogP contribution in [0.15, 0.2) is 140 Å². The second kappa shape index (κ2) is 12.3. The molecular weight excluding hydrogens is 583 g/mol. The van der Waals surface area contributed by atoms with Crippen LogP contribution in [-0.4, -0.2) is 15.0 Å². The zero-order valence-corrected chi connectivity index (χ0v) is 28.6. The van der Waals surface area contributed by atoms with Crippen LogP contribution in [0.25, 0.3) is 67.1 Å². The van der Waals surface area contributed by atoms with Gasteiger partial charge in [0.15, 0.2) is 0 Å². The zero-order chi connectivity index (χ0) is 33.5. The van der Waals surface area contributed by atoms with E-state index in [1.54, 1.807) is 0 Å². The van der Waals surface area contributed by atoms with Gasteiger partial charge < -0.3 is 0 Å². The van der Waals surface area contributed by atoms with E-state index in [4.69, 9.17) is 9.97 Å². The Hall–Kier alpha value is -5.41. The van der Waals surface area contributed by atoms with E-state index >= 15 is 0 Å². The molecule has 0 atom stereocenters. The highest BCUT2D eigenvalue weighted by Gasteiger charge is 2.19. The molecule has 5 aromatic carbocycles. The van der Waals surface area contributed by atoms with Crippen molar-refractivity contribution in [1.82, 2.24) is 15.0 Å². The fourth-order valence-electron chi connectivity index (χ4n) is 6.21. The summed E-state index contributed by atoms with van der Waals surface area (Å²) in [5.41, 5.74) is 14.9. The van der Waals surface area contributed by atoms with E-state index in [2.05, 4.69) is 156 Å². The molecule has 0 bridgehead atoms. The van der Waals surface area contributed by atoms with Crippen molar-refractivity contribution >= 4 is 11.0 Å². The summed E-state index contributed by atoms with van der Waals surface area (Å²) in [5.74, 6) is 0. The molecule has 0 aliphatic rings. The molecule has 0 aliphatic carbocycles. The van der Waals surface area contributed by atoms with E-state index in [0.29, 0.717) is 0 Å². The molecule has 0 saturated carbocycles. The van der Waals surface area contributed by atoms with E-state index in [0.717, 1.165) is 67.1 Å². The highest BCUT2D eigenvalue weighted by Crippen LogP contribution is 2.39. The van der Waals surface area contributed by atoms with Gasteiger partial charge in [0.05, 0.1) is 28.1 Å². The Morgan fingerprint density at radius 3 is 1.25 bits per heavy atom. The Labute approximate surface area is 284 Å². The monoisotopic (exact) mass is 623 g/mol. The highest BCUT2D eigenvalue weighted by atomic mass is 14.8. The average Bonchev–Trinajstić information content (AvgIpc) is 3.11. The van der Waals surface area contributed by atoms with Gasteiger partial charge in [0.1, 0.15) is 0 Å². The summed E-state index contributed by atoms with van der Waals surface area (Å²) in [4.78, 5) is 15.3. The van der Waals surface area contributed by atoms with Crippen LogP contribution < -0.4 is 0 Å². The molecule has 2 heterocycles. The van der Waals surface area contributed by atoms with Gasteiger partial charge in [-0.2, -0.15) is 0 Å². The topological polar surface area (TPSA) is 38.7 Å². The maximum absolute atomic E-state index is 5.37. The first-order valence-corrected chi connectivity index (χ1v) is 16.7. The lowest BCUT2D eigenvalue weighted by molar-refractivity contribution is 0.590. The summed E-state index contributed by atoms with van der Waals surface area (Å²) >= 11 is 0. The molecule has 0 aliphatic heterocycles. The molecule has 2 aromatic heterocycles. The van der Waals surface area contributed by atoms with E-state index in [1.807, 2.05) is 30.5 Å². The third-order valence-electron chi connectivity index (χ3n) is 9.09. The van der Waals surface area contributed by atoms with E-state index in [-0.39, 0.29) is 10.8 Å². The van der Waals surface area contributed by atoms with Crippen LogP contribution in [0.1, 0.15) is 52.7 Å². The number of nitrogens with zero attached hydrogens (tertiary/aromatic N) is 3. The fourth-order valence-corrected chi connectivity index (χ4v) is 6.21. The molecule has 7 aromatic rings. The first-order chi connectivity index (χ1) is 23.0. The number of hydrogen-bond acceptors (Lipinski definition) is 3. The summed E-state index contributed by atoms with van der Waals surface area (Å²) in [6, 6.07) is 47.3. The van der Waals surface area contributed by atoms with E-state index < -0.39 is 0 Å². The molecule has 7 rings (SSSR count). The second-order valence-corrected chi connectivity index (χ2v) is 14.6. The summed E-state index contributed by atoms with van der Waals surface area (Å²) < 4.78 is 0. The van der Waals surface area contributed by atoms with Gasteiger partial charge in [-0.3, -0.25) is 4.98 Å². The van der Waals surface area contributed by atoms with Gasteiger partial charge in [-0.25, -0.2) is 9.97 Å². The molecule has 0 amide bonds. The number of aromatic nitrogens is 3. The molecule has 3 heteroatoms. The number of rotatable bonds is 5. The van der Waals surface area contributed by atoms with Crippen LogP contribution in [0.4, 0.5) is 0 Å². The van der Waals surface area contributed by atoms with Crippen molar-refractivity contribution in [2.75, 3.05) is 0 Å². The lowest BCUT2D eigenvalue weighted by atomic mass is 9.84. The van der Waals surface area contributed by atoms with Gasteiger partial charge in [-0.05, 0) is 68.5 Å². The molecular formula is C45H41N3. The number of pyridine rings is 1. The van der Waals surface area contributed by atoms with Crippen LogP contribution >= 0.6 is 0 Å². The molecule has 0 fully saturated rings. The van der Waals surface area contributed by atoms with Crippen LogP contribution in [0.2, 0.25) is 0 Å². The molecule has 48 heavy (non-hydrogen) atoms. The first-order valence-electron chi connectivity index (χ1n) is 16.7. The first kappa shape index (κ1) is 31.2. The van der Waals surface area contributed by atoms with Crippen molar-refractivity contribution < 1.29 is 0 Å². The third-order valence-corrected chi connectivity index (χ3v) is 9.09.